The van der Waals surface area contributed by atoms with E-state index in [1.807, 2.05) is 0 Å². The number of hydrogen-bond acceptors (Lipinski definition) is 3. The van der Waals surface area contributed by atoms with E-state index < -0.39 is 0 Å². The first-order valence-electron chi connectivity index (χ1n) is 6.62. The van der Waals surface area contributed by atoms with Gasteiger partial charge in [-0.3, -0.25) is 4.90 Å². The van der Waals surface area contributed by atoms with Gasteiger partial charge in [0, 0.05) is 32.7 Å². The molecule has 1 aromatic rings. The predicted octanol–water partition coefficient (Wildman–Crippen LogP) is 3.57. The lowest BCUT2D eigenvalue weighted by Crippen LogP contribution is -2.47. The molecule has 0 atom stereocenters. The minimum atomic E-state index is 0.321. The molecule has 3 rings (SSSR count). The minimum absolute atomic E-state index is 0.321. The van der Waals surface area contributed by atoms with Gasteiger partial charge in [-0.15, -0.1) is 0 Å². The van der Waals surface area contributed by atoms with E-state index in [2.05, 4.69) is 14.8 Å². The number of pyridine rings is 1. The van der Waals surface area contributed by atoms with E-state index in [-0.39, 0.29) is 0 Å². The van der Waals surface area contributed by atoms with Crippen LogP contribution in [0.5, 0.6) is 0 Å². The summed E-state index contributed by atoms with van der Waals surface area (Å²) in [6.07, 6.45) is 2.81. The monoisotopic (exact) mass is 319 g/mol. The molecule has 1 saturated heterocycles. The van der Waals surface area contributed by atoms with Crippen molar-refractivity contribution in [1.29, 1.82) is 0 Å². The number of piperazine rings is 1. The molecule has 2 fully saturated rings. The smallest absolute Gasteiger partial charge is 0.150 e. The largest absolute Gasteiger partial charge is 0.353 e. The Kier molecular flexibility index (Phi) is 4.08. The fraction of sp³-hybridized carbons (Fsp3) is 0.615. The third kappa shape index (κ3) is 3.27. The van der Waals surface area contributed by atoms with Crippen LogP contribution < -0.4 is 4.90 Å². The number of hydrogen-bond donors (Lipinski definition) is 0. The molecule has 0 N–H and O–H groups in total. The molecule has 1 saturated carbocycles. The second kappa shape index (κ2) is 5.65. The Bertz CT molecular complexity index is 468. The van der Waals surface area contributed by atoms with Crippen LogP contribution in [0.2, 0.25) is 15.2 Å². The molecule has 6 heteroatoms. The van der Waals surface area contributed by atoms with Crippen LogP contribution in [0.1, 0.15) is 12.8 Å². The molecule has 0 aromatic carbocycles. The van der Waals surface area contributed by atoms with E-state index in [9.17, 15) is 0 Å². The molecule has 104 valence electrons. The summed E-state index contributed by atoms with van der Waals surface area (Å²) >= 11 is 18.1. The van der Waals surface area contributed by atoms with Gasteiger partial charge in [-0.05, 0) is 24.8 Å². The Morgan fingerprint density at radius 1 is 1.05 bits per heavy atom. The molecule has 1 aliphatic heterocycles. The maximum Gasteiger partial charge on any atom is 0.150 e. The number of halogens is 3. The molecular weight excluding hydrogens is 305 g/mol. The highest BCUT2D eigenvalue weighted by Gasteiger charge is 2.27. The quantitative estimate of drug-likeness (QED) is 0.794. The highest BCUT2D eigenvalue weighted by molar-refractivity contribution is 6.42. The molecule has 1 aromatic heterocycles. The number of anilines is 1. The van der Waals surface area contributed by atoms with Crippen molar-refractivity contribution in [3.05, 3.63) is 21.3 Å². The van der Waals surface area contributed by atoms with Crippen LogP contribution in [-0.4, -0.2) is 42.6 Å². The summed E-state index contributed by atoms with van der Waals surface area (Å²) in [5.41, 5.74) is 0. The first-order valence-corrected chi connectivity index (χ1v) is 7.75. The van der Waals surface area contributed by atoms with E-state index in [1.54, 1.807) is 6.07 Å². The maximum absolute atomic E-state index is 6.20. The van der Waals surface area contributed by atoms with Gasteiger partial charge in [0.25, 0.3) is 0 Å². The molecule has 19 heavy (non-hydrogen) atoms. The summed E-state index contributed by atoms with van der Waals surface area (Å²) in [7, 11) is 0. The van der Waals surface area contributed by atoms with E-state index in [0.717, 1.165) is 37.9 Å². The molecule has 0 spiro atoms. The van der Waals surface area contributed by atoms with Crippen molar-refractivity contribution in [3.8, 4) is 0 Å². The first-order chi connectivity index (χ1) is 9.13. The summed E-state index contributed by atoms with van der Waals surface area (Å²) < 4.78 is 0. The summed E-state index contributed by atoms with van der Waals surface area (Å²) in [4.78, 5) is 9.02. The molecule has 2 heterocycles. The Morgan fingerprint density at radius 2 is 1.74 bits per heavy atom. The predicted molar refractivity (Wildman–Crippen MR) is 80.6 cm³/mol. The normalized spacial score (nSPS) is 20.9. The zero-order valence-corrected chi connectivity index (χ0v) is 12.8. The average molecular weight is 321 g/mol. The molecule has 2 aliphatic rings. The van der Waals surface area contributed by atoms with E-state index in [1.165, 1.54) is 19.4 Å². The lowest BCUT2D eigenvalue weighted by atomic mass is 10.2. The van der Waals surface area contributed by atoms with Gasteiger partial charge >= 0.3 is 0 Å². The summed E-state index contributed by atoms with van der Waals surface area (Å²) in [5.74, 6) is 1.69. The maximum atomic E-state index is 6.20. The van der Waals surface area contributed by atoms with Crippen LogP contribution in [0.25, 0.3) is 0 Å². The van der Waals surface area contributed by atoms with Crippen LogP contribution in [0.15, 0.2) is 6.07 Å². The topological polar surface area (TPSA) is 19.4 Å². The second-order valence-corrected chi connectivity index (χ2v) is 6.47. The van der Waals surface area contributed by atoms with Gasteiger partial charge in [0.1, 0.15) is 11.0 Å². The van der Waals surface area contributed by atoms with Gasteiger partial charge in [-0.1, -0.05) is 34.8 Å². The highest BCUT2D eigenvalue weighted by Crippen LogP contribution is 2.33. The van der Waals surface area contributed by atoms with Crippen molar-refractivity contribution in [2.75, 3.05) is 37.6 Å². The van der Waals surface area contributed by atoms with Crippen molar-refractivity contribution in [3.63, 3.8) is 0 Å². The zero-order valence-electron chi connectivity index (χ0n) is 10.6. The lowest BCUT2D eigenvalue weighted by Gasteiger charge is -2.35. The molecule has 3 nitrogen and oxygen atoms in total. The van der Waals surface area contributed by atoms with Crippen molar-refractivity contribution in [2.24, 2.45) is 5.92 Å². The average Bonchev–Trinajstić information content (AvgIpc) is 3.19. The van der Waals surface area contributed by atoms with Crippen molar-refractivity contribution >= 4 is 40.6 Å². The van der Waals surface area contributed by atoms with Crippen molar-refractivity contribution < 1.29 is 0 Å². The fourth-order valence-corrected chi connectivity index (χ4v) is 3.08. The standard InChI is InChI=1S/C13H16Cl3N3/c14-10-7-11(15)13(17-12(10)16)19-5-3-18(4-6-19)8-9-1-2-9/h7,9H,1-6,8H2. The Morgan fingerprint density at radius 3 is 2.37 bits per heavy atom. The van der Waals surface area contributed by atoms with Crippen molar-refractivity contribution in [2.45, 2.75) is 12.8 Å². The number of rotatable bonds is 3. The third-order valence-electron chi connectivity index (χ3n) is 3.75. The van der Waals surface area contributed by atoms with Gasteiger partial charge < -0.3 is 4.90 Å². The fourth-order valence-electron chi connectivity index (χ4n) is 2.46. The minimum Gasteiger partial charge on any atom is -0.353 e. The molecule has 1 aliphatic carbocycles. The number of nitrogens with zero attached hydrogens (tertiary/aromatic N) is 3. The van der Waals surface area contributed by atoms with Crippen LogP contribution in [0, 0.1) is 5.92 Å². The molecule has 0 bridgehead atoms. The second-order valence-electron chi connectivity index (χ2n) is 5.30. The Labute approximate surface area is 128 Å². The van der Waals surface area contributed by atoms with Crippen LogP contribution in [0.3, 0.4) is 0 Å². The third-order valence-corrected chi connectivity index (χ3v) is 4.70. The van der Waals surface area contributed by atoms with Gasteiger partial charge in [-0.2, -0.15) is 0 Å². The molecule has 0 unspecified atom stereocenters. The SMILES string of the molecule is Clc1cc(Cl)c(N2CCN(CC3CC3)CC2)nc1Cl. The molecule has 0 amide bonds. The number of aromatic nitrogens is 1. The van der Waals surface area contributed by atoms with E-state index in [4.69, 9.17) is 34.8 Å². The van der Waals surface area contributed by atoms with Crippen LogP contribution in [0.4, 0.5) is 5.82 Å². The summed E-state index contributed by atoms with van der Waals surface area (Å²) in [6.45, 7) is 5.26. The summed E-state index contributed by atoms with van der Waals surface area (Å²) in [6, 6.07) is 1.67. The van der Waals surface area contributed by atoms with Crippen LogP contribution in [-0.2, 0) is 0 Å². The van der Waals surface area contributed by atoms with Gasteiger partial charge in [-0.25, -0.2) is 4.98 Å². The lowest BCUT2D eigenvalue weighted by molar-refractivity contribution is 0.247. The Balaban J connectivity index is 1.65. The van der Waals surface area contributed by atoms with Gasteiger partial charge in [0.05, 0.1) is 10.0 Å². The molecule has 0 radical (unpaired) electrons. The van der Waals surface area contributed by atoms with Gasteiger partial charge in [0.15, 0.2) is 0 Å². The van der Waals surface area contributed by atoms with Crippen LogP contribution >= 0.6 is 34.8 Å². The highest BCUT2D eigenvalue weighted by atomic mass is 35.5. The molecular formula is C13H16Cl3N3. The van der Waals surface area contributed by atoms with E-state index in [0.29, 0.717) is 15.2 Å². The Hall–Kier alpha value is -0.220. The van der Waals surface area contributed by atoms with Crippen molar-refractivity contribution in [1.82, 2.24) is 9.88 Å². The van der Waals surface area contributed by atoms with Gasteiger partial charge in [0.2, 0.25) is 0 Å². The van der Waals surface area contributed by atoms with E-state index >= 15 is 0 Å². The zero-order chi connectivity index (χ0) is 13.4. The summed E-state index contributed by atoms with van der Waals surface area (Å²) in [5, 5.41) is 1.30. The first kappa shape index (κ1) is 13.7.